The van der Waals surface area contributed by atoms with Gasteiger partial charge in [0.2, 0.25) is 0 Å². The fraction of sp³-hybridized carbons (Fsp3) is 0.500. The minimum absolute atomic E-state index is 0.0114. The van der Waals surface area contributed by atoms with Gasteiger partial charge in [0.1, 0.15) is 30.5 Å². The predicted octanol–water partition coefficient (Wildman–Crippen LogP) is 15.9. The number of Topliss-reactive ketones (excluding diaryl/α,β-unsaturated/α-hetero) is 5. The number of nitrogens with zero attached hydrogens (tertiary/aromatic N) is 17. The zero-order valence-corrected chi connectivity index (χ0v) is 80.8. The van der Waals surface area contributed by atoms with Crippen molar-refractivity contribution in [3.63, 3.8) is 0 Å². The predicted molar refractivity (Wildman–Crippen MR) is 506 cm³/mol. The third-order valence-corrected chi connectivity index (χ3v) is 25.5. The molecule has 5 aliphatic rings. The minimum Gasteiger partial charge on any atom is -0.462 e. The van der Waals surface area contributed by atoms with Gasteiger partial charge in [-0.05, 0) is 220 Å². The van der Waals surface area contributed by atoms with Crippen LogP contribution in [-0.4, -0.2) is 169 Å². The van der Waals surface area contributed by atoms with Crippen LogP contribution in [0.2, 0.25) is 5.02 Å². The Bertz CT molecular complexity index is 5790. The van der Waals surface area contributed by atoms with Crippen LogP contribution in [0, 0.1) is 53.2 Å². The number of rotatable bonds is 41. The molecule has 10 atom stereocenters. The summed E-state index contributed by atoms with van der Waals surface area (Å²) in [5.41, 5.74) is 14.5. The van der Waals surface area contributed by atoms with Gasteiger partial charge in [-0.1, -0.05) is 136 Å². The van der Waals surface area contributed by atoms with Gasteiger partial charge in [0.05, 0.1) is 69.6 Å². The molecule has 137 heavy (non-hydrogen) atoms. The lowest BCUT2D eigenvalue weighted by molar-refractivity contribution is -0.384. The summed E-state index contributed by atoms with van der Waals surface area (Å²) in [6, 6.07) is 28.4. The number of nitro groups is 1. The number of esters is 5. The molecule has 0 saturated carbocycles. The van der Waals surface area contributed by atoms with E-state index in [0.29, 0.717) is 97.2 Å². The van der Waals surface area contributed by atoms with Gasteiger partial charge in [-0.2, -0.15) is 0 Å². The van der Waals surface area contributed by atoms with Crippen LogP contribution in [0.1, 0.15) is 277 Å². The van der Waals surface area contributed by atoms with Crippen molar-refractivity contribution in [3.8, 4) is 0 Å². The number of hydrogen-bond acceptors (Lipinski definition) is 27. The molecule has 15 rings (SSSR count). The van der Waals surface area contributed by atoms with Crippen molar-refractivity contribution in [3.05, 3.63) is 244 Å². The van der Waals surface area contributed by atoms with Crippen LogP contribution >= 0.6 is 11.6 Å². The first-order valence-corrected chi connectivity index (χ1v) is 47.7. The Balaban J connectivity index is 0.000000164. The third kappa shape index (κ3) is 30.8. The van der Waals surface area contributed by atoms with E-state index >= 15 is 0 Å². The van der Waals surface area contributed by atoms with Gasteiger partial charge in [0, 0.05) is 146 Å². The number of ether oxygens (including phenoxy) is 5. The largest absolute Gasteiger partial charge is 0.462 e. The highest BCUT2D eigenvalue weighted by atomic mass is 35.5. The van der Waals surface area contributed by atoms with E-state index in [2.05, 4.69) is 62.5 Å². The van der Waals surface area contributed by atoms with Crippen molar-refractivity contribution >= 4 is 81.7 Å². The van der Waals surface area contributed by atoms with Crippen LogP contribution in [0.4, 0.5) is 11.4 Å². The van der Waals surface area contributed by atoms with E-state index in [1.54, 1.807) is 53.7 Å². The molecule has 0 amide bonds. The zero-order valence-electron chi connectivity index (χ0n) is 80.0. The maximum absolute atomic E-state index is 12.8. The zero-order chi connectivity index (χ0) is 98.4. The van der Waals surface area contributed by atoms with E-state index in [1.165, 1.54) is 52.8 Å². The summed E-state index contributed by atoms with van der Waals surface area (Å²) < 4.78 is 36.0. The Morgan fingerprint density at radius 1 is 0.372 bits per heavy atom. The second kappa shape index (κ2) is 51.0. The van der Waals surface area contributed by atoms with Crippen LogP contribution in [0.15, 0.2) is 128 Å². The molecule has 35 heteroatoms. The number of fused-ring (bicyclic) bond motifs is 5. The van der Waals surface area contributed by atoms with Gasteiger partial charge < -0.3 is 23.7 Å². The number of hydrogen-bond donors (Lipinski definition) is 0. The van der Waals surface area contributed by atoms with Crippen molar-refractivity contribution in [2.24, 2.45) is 64.8 Å². The summed E-state index contributed by atoms with van der Waals surface area (Å²) in [4.78, 5) is 136. The van der Waals surface area contributed by atoms with Crippen LogP contribution in [0.5, 0.6) is 0 Å². The molecule has 5 aromatic carbocycles. The van der Waals surface area contributed by atoms with Crippen molar-refractivity contribution < 1.29 is 76.6 Å². The van der Waals surface area contributed by atoms with Crippen molar-refractivity contribution in [1.29, 1.82) is 0 Å². The third-order valence-electron chi connectivity index (χ3n) is 25.3. The highest BCUT2D eigenvalue weighted by molar-refractivity contribution is 6.30. The maximum Gasteiger partial charge on any atom is 0.302 e. The Morgan fingerprint density at radius 2 is 0.642 bits per heavy atom. The van der Waals surface area contributed by atoms with E-state index < -0.39 is 35.1 Å². The molecule has 0 spiro atoms. The SMILES string of the molecule is CC(=O)OC(CCCCCc1cn(C)nn1)C1Cc2cc(C)ccc2C1=O.CC(=O)OC(CCCCCc1cn(C)nn1)C1Cc2cc(Cl)ccc2C1=O.CC(=O)OC(CCCCCc1cn(C)nn1)C1Cc2cc([N+](=O)[O-])ccc2C1=O.CC(=O)OC(CCCCCc1cn(C)nn1)C1Cc2ccccc2C1=O.[C-]#[N+]c1ccc2c(c1)CC(C(CCCCCc1cn(C)nn1)OC(C)=O)C2=O. The Morgan fingerprint density at radius 3 is 0.934 bits per heavy atom. The average Bonchev–Trinajstić information content (AvgIpc) is 1.65. The Labute approximate surface area is 802 Å². The van der Waals surface area contributed by atoms with Crippen molar-refractivity contribution in [1.82, 2.24) is 75.0 Å². The fourth-order valence-electron chi connectivity index (χ4n) is 18.8. The smallest absolute Gasteiger partial charge is 0.302 e. The monoisotopic (exact) mass is 1890 g/mol. The Hall–Kier alpha value is -13.3. The number of benzene rings is 5. The maximum atomic E-state index is 12.8. The number of aromatic nitrogens is 15. The van der Waals surface area contributed by atoms with Gasteiger partial charge in [-0.25, -0.2) is 4.85 Å². The number of nitro benzene ring substituents is 1. The first-order chi connectivity index (χ1) is 65.7. The molecular weight excluding hydrogens is 1770 g/mol. The molecule has 726 valence electrons. The van der Waals surface area contributed by atoms with E-state index in [1.807, 2.05) is 116 Å². The normalized spacial score (nSPS) is 16.8. The van der Waals surface area contributed by atoms with Gasteiger partial charge in [0.15, 0.2) is 34.6 Å². The summed E-state index contributed by atoms with van der Waals surface area (Å²) in [5.74, 6) is -3.30. The molecule has 10 unspecified atom stereocenters. The van der Waals surface area contributed by atoms with E-state index in [9.17, 15) is 58.1 Å². The van der Waals surface area contributed by atoms with Crippen LogP contribution in [0.3, 0.4) is 0 Å². The Kier molecular flexibility index (Phi) is 38.8. The molecule has 5 heterocycles. The topological polar surface area (TPSA) is 418 Å². The molecule has 0 bridgehead atoms. The highest BCUT2D eigenvalue weighted by Crippen LogP contribution is 2.40. The lowest BCUT2D eigenvalue weighted by Gasteiger charge is -2.22. The van der Waals surface area contributed by atoms with Crippen molar-refractivity contribution in [2.75, 3.05) is 0 Å². The molecule has 10 aromatic rings. The molecule has 0 aliphatic heterocycles. The molecule has 34 nitrogen and oxygen atoms in total. The number of unbranched alkanes of at least 4 members (excludes halogenated alkanes) is 10. The molecule has 0 fully saturated rings. The van der Waals surface area contributed by atoms with E-state index in [4.69, 9.17) is 41.9 Å². The van der Waals surface area contributed by atoms with Gasteiger partial charge in [-0.15, -0.1) is 25.5 Å². The molecule has 0 saturated heterocycles. The first kappa shape index (κ1) is 104. The number of non-ortho nitro benzene ring substituents is 1. The summed E-state index contributed by atoms with van der Waals surface area (Å²) in [7, 11) is 9.24. The second-order valence-electron chi connectivity index (χ2n) is 36.2. The lowest BCUT2D eigenvalue weighted by atomic mass is 9.93. The van der Waals surface area contributed by atoms with Crippen LogP contribution in [0.25, 0.3) is 4.85 Å². The minimum atomic E-state index is -0.525. The average molecular weight is 1900 g/mol. The summed E-state index contributed by atoms with van der Waals surface area (Å²) in [5, 5.41) is 51.6. The number of ketones is 5. The van der Waals surface area contributed by atoms with Gasteiger partial charge in [0.25, 0.3) is 5.69 Å². The quantitative estimate of drug-likeness (QED) is 0.00857. The lowest BCUT2D eigenvalue weighted by Crippen LogP contribution is -2.30. The van der Waals surface area contributed by atoms with E-state index in [0.717, 1.165) is 196 Å². The number of carbonyl (C=O) groups excluding carboxylic acids is 10. The van der Waals surface area contributed by atoms with Crippen LogP contribution in [-0.2, 0) is 147 Å². The van der Waals surface area contributed by atoms with Gasteiger partial charge >= 0.3 is 29.8 Å². The van der Waals surface area contributed by atoms with Gasteiger partial charge in [-0.3, -0.25) is 81.5 Å². The second-order valence-corrected chi connectivity index (χ2v) is 36.6. The van der Waals surface area contributed by atoms with Crippen LogP contribution < -0.4 is 0 Å². The standard InChI is InChI=1S/C21H24N4O3.C21H27N3O3.C20H24ClN3O3.C20H24N4O5.C20H25N3O3/c1-14(26)28-20(8-6-4-5-7-17-13-25(3)24-23-17)19-12-15-11-16(22-2)9-10-18(15)21(19)27;1-14-9-10-18-16(11-14)12-19(21(18)26)20(27-15(2)25)8-6-4-5-7-17-13-24(3)23-22-17;1-13(25)27-19(7-5-3-4-6-16-12-24(2)23-22-16)18-11-14-10-15(21)8-9-17(14)20(18)26;1-13(25)29-19(7-5-3-4-6-15-12-23(2)22-21-15)18-11-14-10-16(24(27)28)8-9-17(14)20(18)26;1-14(24)26-19(11-5-3-4-9-16-13-23(2)22-21-16)18-12-15-8-6-7-10-17(15)20(18)25/h9-11,13,19-20H,4-8,12H2,1,3H3;9-11,13,19-20H,4-8,12H2,1-3H3;8-10,12,18-19H,3-7,11H2,1-2H3;8-10,12,18-19H,3-7,11H2,1-2H3;6-8,10,13,18-19H,3-5,9,11-12H2,1-2H3. The molecule has 0 N–H and O–H groups in total. The number of carbonyl (C=O) groups is 10. The molecule has 5 aromatic heterocycles. The molecular formula is C102H124ClN17O17. The molecule has 5 aliphatic carbocycles. The molecule has 0 radical (unpaired) electrons. The highest BCUT2D eigenvalue weighted by Gasteiger charge is 2.43. The summed E-state index contributed by atoms with van der Waals surface area (Å²) >= 11 is 6.05. The van der Waals surface area contributed by atoms with Crippen molar-refractivity contribution in [2.45, 2.75) is 265 Å². The number of aryl methyl sites for hydroxylation is 11. The van der Waals surface area contributed by atoms with E-state index in [-0.39, 0.29) is 94.4 Å². The summed E-state index contributed by atoms with van der Waals surface area (Å²) in [6.45, 7) is 16.1. The first-order valence-electron chi connectivity index (χ1n) is 47.3. The summed E-state index contributed by atoms with van der Waals surface area (Å²) in [6.07, 6.45) is 32.1. The number of halogens is 1. The fourth-order valence-corrected chi connectivity index (χ4v) is 19.0.